The Labute approximate surface area is 99.7 Å². The third kappa shape index (κ3) is 3.44. The minimum absolute atomic E-state index is 0.284. The number of nitrogens with one attached hydrogen (secondary N) is 1. The molecule has 92 valence electrons. The molecule has 0 unspecified atom stereocenters. The van der Waals surface area contributed by atoms with Crippen LogP contribution in [0.3, 0.4) is 0 Å². The molecule has 1 fully saturated rings. The van der Waals surface area contributed by atoms with Gasteiger partial charge in [0, 0.05) is 12.2 Å². The molecule has 4 heteroatoms. The lowest BCUT2D eigenvalue weighted by atomic mass is 10.2. The molecule has 0 aliphatic heterocycles. The molecule has 0 spiro atoms. The number of aromatic carboxylic acids is 1. The van der Waals surface area contributed by atoms with Gasteiger partial charge in [0.1, 0.15) is 5.82 Å². The van der Waals surface area contributed by atoms with Crippen molar-refractivity contribution >= 4 is 11.7 Å². The number of anilines is 1. The highest BCUT2D eigenvalue weighted by atomic mass is 19.1. The van der Waals surface area contributed by atoms with E-state index < -0.39 is 11.8 Å². The fourth-order valence-corrected chi connectivity index (χ4v) is 1.83. The SMILES string of the molecule is O=C(O)c1ccc(NCCCC2CC2)cc1F. The number of carboxylic acids is 1. The van der Waals surface area contributed by atoms with Crippen LogP contribution in [-0.2, 0) is 0 Å². The largest absolute Gasteiger partial charge is 0.478 e. The van der Waals surface area contributed by atoms with Gasteiger partial charge in [0.05, 0.1) is 5.56 Å². The maximum absolute atomic E-state index is 13.3. The number of hydrogen-bond acceptors (Lipinski definition) is 2. The van der Waals surface area contributed by atoms with Crippen LogP contribution in [-0.4, -0.2) is 17.6 Å². The van der Waals surface area contributed by atoms with Gasteiger partial charge in [-0.1, -0.05) is 12.8 Å². The molecule has 0 radical (unpaired) electrons. The van der Waals surface area contributed by atoms with Crippen LogP contribution in [0.15, 0.2) is 18.2 Å². The highest BCUT2D eigenvalue weighted by molar-refractivity contribution is 5.88. The Kier molecular flexibility index (Phi) is 3.61. The summed E-state index contributed by atoms with van der Waals surface area (Å²) in [4.78, 5) is 10.6. The van der Waals surface area contributed by atoms with E-state index >= 15 is 0 Å². The van der Waals surface area contributed by atoms with Crippen molar-refractivity contribution in [2.24, 2.45) is 5.92 Å². The molecule has 1 aromatic carbocycles. The maximum atomic E-state index is 13.3. The molecule has 17 heavy (non-hydrogen) atoms. The molecule has 0 amide bonds. The van der Waals surface area contributed by atoms with Gasteiger partial charge in [0.15, 0.2) is 0 Å². The molecule has 1 aliphatic carbocycles. The van der Waals surface area contributed by atoms with E-state index in [0.29, 0.717) is 5.69 Å². The van der Waals surface area contributed by atoms with Gasteiger partial charge in [-0.2, -0.15) is 0 Å². The molecule has 0 bridgehead atoms. The Balaban J connectivity index is 1.83. The first-order valence-electron chi connectivity index (χ1n) is 5.93. The van der Waals surface area contributed by atoms with Gasteiger partial charge in [-0.3, -0.25) is 0 Å². The van der Waals surface area contributed by atoms with E-state index in [1.165, 1.54) is 31.4 Å². The maximum Gasteiger partial charge on any atom is 0.338 e. The molecule has 0 saturated heterocycles. The van der Waals surface area contributed by atoms with Crippen molar-refractivity contribution in [3.63, 3.8) is 0 Å². The zero-order valence-corrected chi connectivity index (χ0v) is 9.58. The van der Waals surface area contributed by atoms with Crippen molar-refractivity contribution in [2.45, 2.75) is 25.7 Å². The number of carboxylic acid groups (broad SMARTS) is 1. The summed E-state index contributed by atoms with van der Waals surface area (Å²) >= 11 is 0. The predicted molar refractivity (Wildman–Crippen MR) is 63.8 cm³/mol. The summed E-state index contributed by atoms with van der Waals surface area (Å²) in [5, 5.41) is 11.8. The fourth-order valence-electron chi connectivity index (χ4n) is 1.83. The smallest absolute Gasteiger partial charge is 0.338 e. The van der Waals surface area contributed by atoms with Crippen LogP contribution < -0.4 is 5.32 Å². The lowest BCUT2D eigenvalue weighted by molar-refractivity contribution is 0.0692. The Bertz CT molecular complexity index is 416. The monoisotopic (exact) mass is 237 g/mol. The molecule has 1 saturated carbocycles. The van der Waals surface area contributed by atoms with Crippen LogP contribution in [0.4, 0.5) is 10.1 Å². The second-order valence-electron chi connectivity index (χ2n) is 4.51. The van der Waals surface area contributed by atoms with Gasteiger partial charge in [-0.25, -0.2) is 9.18 Å². The van der Waals surface area contributed by atoms with E-state index in [4.69, 9.17) is 5.11 Å². The molecule has 0 atom stereocenters. The first-order valence-corrected chi connectivity index (χ1v) is 5.93. The molecule has 2 rings (SSSR count). The molecule has 0 heterocycles. The number of hydrogen-bond donors (Lipinski definition) is 2. The summed E-state index contributed by atoms with van der Waals surface area (Å²) in [5.41, 5.74) is 0.358. The standard InChI is InChI=1S/C13H16FNO2/c14-12-8-10(5-6-11(12)13(16)17)15-7-1-2-9-3-4-9/h5-6,8-9,15H,1-4,7H2,(H,16,17). The van der Waals surface area contributed by atoms with Crippen molar-refractivity contribution in [3.8, 4) is 0 Å². The number of halogens is 1. The lowest BCUT2D eigenvalue weighted by Crippen LogP contribution is -2.05. The summed E-state index contributed by atoms with van der Waals surface area (Å²) in [6.07, 6.45) is 5.00. The van der Waals surface area contributed by atoms with Crippen molar-refractivity contribution in [2.75, 3.05) is 11.9 Å². The second kappa shape index (κ2) is 5.17. The summed E-state index contributed by atoms with van der Waals surface area (Å²) < 4.78 is 13.3. The topological polar surface area (TPSA) is 49.3 Å². The Morgan fingerprint density at radius 3 is 2.82 bits per heavy atom. The molecular formula is C13H16FNO2. The highest BCUT2D eigenvalue weighted by Crippen LogP contribution is 2.33. The van der Waals surface area contributed by atoms with Crippen LogP contribution in [0.2, 0.25) is 0 Å². The molecular weight excluding hydrogens is 221 g/mol. The normalized spacial score (nSPS) is 14.6. The zero-order chi connectivity index (χ0) is 12.3. The number of benzene rings is 1. The Morgan fingerprint density at radius 2 is 2.24 bits per heavy atom. The van der Waals surface area contributed by atoms with E-state index in [0.717, 1.165) is 18.9 Å². The van der Waals surface area contributed by atoms with Gasteiger partial charge in [-0.05, 0) is 37.0 Å². The average molecular weight is 237 g/mol. The molecule has 1 aromatic rings. The van der Waals surface area contributed by atoms with Crippen molar-refractivity contribution in [1.82, 2.24) is 0 Å². The van der Waals surface area contributed by atoms with E-state index in [1.807, 2.05) is 0 Å². The predicted octanol–water partition coefficient (Wildman–Crippen LogP) is 3.13. The van der Waals surface area contributed by atoms with Crippen LogP contribution in [0.1, 0.15) is 36.0 Å². The Hall–Kier alpha value is -1.58. The first-order chi connectivity index (χ1) is 8.16. The number of carbonyl (C=O) groups is 1. The average Bonchev–Trinajstić information content (AvgIpc) is 3.08. The van der Waals surface area contributed by atoms with Crippen molar-refractivity contribution < 1.29 is 14.3 Å². The van der Waals surface area contributed by atoms with Gasteiger partial charge in [0.2, 0.25) is 0 Å². The zero-order valence-electron chi connectivity index (χ0n) is 9.58. The van der Waals surface area contributed by atoms with E-state index in [9.17, 15) is 9.18 Å². The molecule has 3 nitrogen and oxygen atoms in total. The van der Waals surface area contributed by atoms with Gasteiger partial charge in [-0.15, -0.1) is 0 Å². The third-order valence-corrected chi connectivity index (χ3v) is 3.01. The van der Waals surface area contributed by atoms with Gasteiger partial charge in [0.25, 0.3) is 0 Å². The molecule has 0 aromatic heterocycles. The van der Waals surface area contributed by atoms with Gasteiger partial charge >= 0.3 is 5.97 Å². The summed E-state index contributed by atoms with van der Waals surface area (Å²) in [7, 11) is 0. The highest BCUT2D eigenvalue weighted by Gasteiger charge is 2.19. The van der Waals surface area contributed by atoms with Crippen LogP contribution in [0.5, 0.6) is 0 Å². The summed E-state index contributed by atoms with van der Waals surface area (Å²) in [6.45, 7) is 0.808. The fraction of sp³-hybridized carbons (Fsp3) is 0.462. The second-order valence-corrected chi connectivity index (χ2v) is 4.51. The molecule has 1 aliphatic rings. The summed E-state index contributed by atoms with van der Waals surface area (Å²) in [6, 6.07) is 4.13. The Morgan fingerprint density at radius 1 is 1.47 bits per heavy atom. The van der Waals surface area contributed by atoms with Crippen LogP contribution in [0.25, 0.3) is 0 Å². The van der Waals surface area contributed by atoms with Crippen LogP contribution in [0, 0.1) is 11.7 Å². The molecule has 2 N–H and O–H groups in total. The first kappa shape index (κ1) is 11.9. The minimum Gasteiger partial charge on any atom is -0.478 e. The van der Waals surface area contributed by atoms with Crippen molar-refractivity contribution in [1.29, 1.82) is 0 Å². The lowest BCUT2D eigenvalue weighted by Gasteiger charge is -2.07. The number of rotatable bonds is 6. The van der Waals surface area contributed by atoms with Crippen molar-refractivity contribution in [3.05, 3.63) is 29.6 Å². The quantitative estimate of drug-likeness (QED) is 0.747. The van der Waals surface area contributed by atoms with Crippen LogP contribution >= 0.6 is 0 Å². The summed E-state index contributed by atoms with van der Waals surface area (Å²) in [5.74, 6) is -1.02. The third-order valence-electron chi connectivity index (χ3n) is 3.01. The van der Waals surface area contributed by atoms with Gasteiger partial charge < -0.3 is 10.4 Å². The van der Waals surface area contributed by atoms with E-state index in [1.54, 1.807) is 6.07 Å². The van der Waals surface area contributed by atoms with E-state index in [2.05, 4.69) is 5.32 Å². The minimum atomic E-state index is -1.23. The van der Waals surface area contributed by atoms with E-state index in [-0.39, 0.29) is 5.56 Å².